The van der Waals surface area contributed by atoms with Crippen molar-refractivity contribution in [3.63, 3.8) is 0 Å². The second-order valence-electron chi connectivity index (χ2n) is 7.09. The van der Waals surface area contributed by atoms with E-state index in [9.17, 15) is 9.59 Å². The minimum absolute atomic E-state index is 0.128. The Morgan fingerprint density at radius 1 is 1.13 bits per heavy atom. The molecule has 9 heteroatoms. The molecule has 0 unspecified atom stereocenters. The van der Waals surface area contributed by atoms with Crippen molar-refractivity contribution in [1.82, 2.24) is 9.80 Å². The first kappa shape index (κ1) is 22.1. The lowest BCUT2D eigenvalue weighted by Gasteiger charge is -2.37. The van der Waals surface area contributed by atoms with Crippen LogP contribution in [0.5, 0.6) is 11.5 Å². The van der Waals surface area contributed by atoms with Crippen molar-refractivity contribution in [2.75, 3.05) is 51.8 Å². The number of amides is 2. The minimum Gasteiger partial charge on any atom is -0.497 e. The van der Waals surface area contributed by atoms with E-state index in [2.05, 4.69) is 15.1 Å². The van der Waals surface area contributed by atoms with E-state index >= 15 is 0 Å². The summed E-state index contributed by atoms with van der Waals surface area (Å²) in [4.78, 5) is 28.5. The van der Waals surface area contributed by atoms with Crippen LogP contribution in [0.15, 0.2) is 35.7 Å². The number of anilines is 1. The number of methoxy groups -OCH3 is 1. The molecular formula is C21H28N4O4S. The maximum Gasteiger partial charge on any atom is 0.251 e. The Morgan fingerprint density at radius 2 is 1.80 bits per heavy atom. The monoisotopic (exact) mass is 432 g/mol. The molecule has 0 bridgehead atoms. The van der Waals surface area contributed by atoms with Gasteiger partial charge in [0.25, 0.3) is 5.91 Å². The van der Waals surface area contributed by atoms with Gasteiger partial charge in [0, 0.05) is 32.7 Å². The summed E-state index contributed by atoms with van der Waals surface area (Å²) >= 11 is 1.30. The molecule has 0 spiro atoms. The number of nitrogens with two attached hydrogens (primary N) is 1. The van der Waals surface area contributed by atoms with Gasteiger partial charge in [-0.15, -0.1) is 11.3 Å². The Morgan fingerprint density at radius 3 is 2.43 bits per heavy atom. The molecule has 2 heterocycles. The van der Waals surface area contributed by atoms with Crippen molar-refractivity contribution in [3.8, 4) is 11.5 Å². The van der Waals surface area contributed by atoms with Crippen LogP contribution < -0.4 is 20.5 Å². The summed E-state index contributed by atoms with van der Waals surface area (Å²) in [5.74, 6) is 0.964. The van der Waals surface area contributed by atoms with Crippen LogP contribution in [-0.4, -0.2) is 74.1 Å². The zero-order chi connectivity index (χ0) is 21.5. The van der Waals surface area contributed by atoms with Crippen LogP contribution in [0.25, 0.3) is 0 Å². The van der Waals surface area contributed by atoms with Gasteiger partial charge in [-0.1, -0.05) is 0 Å². The Hall–Kier alpha value is -2.62. The van der Waals surface area contributed by atoms with Crippen LogP contribution in [0.3, 0.4) is 0 Å². The maximum absolute atomic E-state index is 12.6. The van der Waals surface area contributed by atoms with E-state index in [1.807, 2.05) is 31.2 Å². The number of primary amides is 1. The van der Waals surface area contributed by atoms with Crippen LogP contribution in [0.4, 0.5) is 5.00 Å². The Bertz CT molecular complexity index is 847. The van der Waals surface area contributed by atoms with Crippen molar-refractivity contribution in [2.24, 2.45) is 5.73 Å². The van der Waals surface area contributed by atoms with Gasteiger partial charge in [-0.05, 0) is 42.6 Å². The molecule has 1 atom stereocenters. The standard InChI is InChI=1S/C21H28N4O4S/c1-15(20(27)23-21-18(19(22)26)7-14-30-21)25-10-8-24(9-11-25)12-13-29-17-5-3-16(28-2)4-6-17/h3-7,14-15H,8-13H2,1-2H3,(H2,22,26)(H,23,27)/t15-/m1/s1. The molecule has 1 aromatic carbocycles. The number of hydrogen-bond donors (Lipinski definition) is 2. The second-order valence-corrected chi connectivity index (χ2v) is 8.01. The predicted octanol–water partition coefficient (Wildman–Crippen LogP) is 1.88. The van der Waals surface area contributed by atoms with Crippen molar-refractivity contribution in [2.45, 2.75) is 13.0 Å². The van der Waals surface area contributed by atoms with E-state index in [-0.39, 0.29) is 11.9 Å². The molecule has 162 valence electrons. The zero-order valence-electron chi connectivity index (χ0n) is 17.3. The number of carbonyl (C=O) groups is 2. The fourth-order valence-electron chi connectivity index (χ4n) is 3.32. The van der Waals surface area contributed by atoms with Gasteiger partial charge in [-0.25, -0.2) is 0 Å². The second kappa shape index (κ2) is 10.4. The number of carbonyl (C=O) groups excluding carboxylic acids is 2. The third-order valence-corrected chi connectivity index (χ3v) is 6.07. The molecule has 1 aromatic heterocycles. The summed E-state index contributed by atoms with van der Waals surface area (Å²) in [7, 11) is 1.64. The molecule has 2 aromatic rings. The summed E-state index contributed by atoms with van der Waals surface area (Å²) in [6.07, 6.45) is 0. The Kier molecular flexibility index (Phi) is 7.67. The molecule has 0 radical (unpaired) electrons. The molecule has 3 rings (SSSR count). The molecule has 3 N–H and O–H groups in total. The van der Waals surface area contributed by atoms with Gasteiger partial charge in [0.1, 0.15) is 23.1 Å². The number of nitrogens with zero attached hydrogens (tertiary/aromatic N) is 2. The highest BCUT2D eigenvalue weighted by molar-refractivity contribution is 7.14. The largest absolute Gasteiger partial charge is 0.497 e. The van der Waals surface area contributed by atoms with Gasteiger partial charge in [-0.2, -0.15) is 0 Å². The van der Waals surface area contributed by atoms with E-state index in [1.165, 1.54) is 11.3 Å². The van der Waals surface area contributed by atoms with Gasteiger partial charge in [0.15, 0.2) is 0 Å². The molecular weight excluding hydrogens is 404 g/mol. The Balaban J connectivity index is 1.40. The first-order chi connectivity index (χ1) is 14.5. The quantitative estimate of drug-likeness (QED) is 0.628. The van der Waals surface area contributed by atoms with Gasteiger partial charge in [0.2, 0.25) is 5.91 Å². The number of hydrogen-bond acceptors (Lipinski definition) is 7. The number of rotatable bonds is 9. The van der Waals surface area contributed by atoms with Crippen LogP contribution in [0, 0.1) is 0 Å². The van der Waals surface area contributed by atoms with Gasteiger partial charge in [-0.3, -0.25) is 19.4 Å². The summed E-state index contributed by atoms with van der Waals surface area (Å²) in [6, 6.07) is 8.89. The minimum atomic E-state index is -0.537. The fourth-order valence-corrected chi connectivity index (χ4v) is 4.12. The van der Waals surface area contributed by atoms with Crippen LogP contribution >= 0.6 is 11.3 Å². The first-order valence-electron chi connectivity index (χ1n) is 9.89. The molecule has 1 aliphatic rings. The average Bonchev–Trinajstić information content (AvgIpc) is 3.22. The summed E-state index contributed by atoms with van der Waals surface area (Å²) in [6.45, 7) is 6.66. The smallest absolute Gasteiger partial charge is 0.251 e. The molecule has 8 nitrogen and oxygen atoms in total. The maximum atomic E-state index is 12.6. The van der Waals surface area contributed by atoms with E-state index in [0.29, 0.717) is 17.2 Å². The predicted molar refractivity (Wildman–Crippen MR) is 117 cm³/mol. The first-order valence-corrected chi connectivity index (χ1v) is 10.8. The number of benzene rings is 1. The van der Waals surface area contributed by atoms with Crippen molar-refractivity contribution >= 4 is 28.2 Å². The lowest BCUT2D eigenvalue weighted by molar-refractivity contribution is -0.121. The van der Waals surface area contributed by atoms with E-state index < -0.39 is 5.91 Å². The lowest BCUT2D eigenvalue weighted by Crippen LogP contribution is -2.53. The number of thiophene rings is 1. The van der Waals surface area contributed by atoms with Crippen molar-refractivity contribution < 1.29 is 19.1 Å². The summed E-state index contributed by atoms with van der Waals surface area (Å²) in [5, 5.41) is 5.09. The third-order valence-electron chi connectivity index (χ3n) is 5.24. The molecule has 2 amide bonds. The Labute approximate surface area is 180 Å². The van der Waals surface area contributed by atoms with Crippen molar-refractivity contribution in [1.29, 1.82) is 0 Å². The molecule has 0 aliphatic carbocycles. The molecule has 0 saturated carbocycles. The summed E-state index contributed by atoms with van der Waals surface area (Å²) in [5.41, 5.74) is 5.69. The van der Waals surface area contributed by atoms with E-state index in [0.717, 1.165) is 44.2 Å². The van der Waals surface area contributed by atoms with Gasteiger partial charge in [0.05, 0.1) is 18.7 Å². The van der Waals surface area contributed by atoms with E-state index in [4.69, 9.17) is 15.2 Å². The highest BCUT2D eigenvalue weighted by Crippen LogP contribution is 2.23. The fraction of sp³-hybridized carbons (Fsp3) is 0.429. The third kappa shape index (κ3) is 5.71. The summed E-state index contributed by atoms with van der Waals surface area (Å²) < 4.78 is 10.9. The van der Waals surface area contributed by atoms with Crippen LogP contribution in [0.2, 0.25) is 0 Å². The molecule has 30 heavy (non-hydrogen) atoms. The lowest BCUT2D eigenvalue weighted by atomic mass is 10.2. The molecule has 1 aliphatic heterocycles. The van der Waals surface area contributed by atoms with Gasteiger partial charge < -0.3 is 20.5 Å². The van der Waals surface area contributed by atoms with Gasteiger partial charge >= 0.3 is 0 Å². The number of piperazine rings is 1. The van der Waals surface area contributed by atoms with Crippen molar-refractivity contribution in [3.05, 3.63) is 41.3 Å². The molecule has 1 saturated heterocycles. The molecule has 1 fully saturated rings. The topological polar surface area (TPSA) is 97.1 Å². The van der Waals surface area contributed by atoms with E-state index in [1.54, 1.807) is 18.6 Å². The normalized spacial score (nSPS) is 16.1. The number of ether oxygens (including phenoxy) is 2. The highest BCUT2D eigenvalue weighted by atomic mass is 32.1. The average molecular weight is 433 g/mol. The zero-order valence-corrected chi connectivity index (χ0v) is 18.1. The van der Waals surface area contributed by atoms with Crippen LogP contribution in [0.1, 0.15) is 17.3 Å². The highest BCUT2D eigenvalue weighted by Gasteiger charge is 2.26. The van der Waals surface area contributed by atoms with Crippen LogP contribution in [-0.2, 0) is 4.79 Å². The number of nitrogens with one attached hydrogen (secondary N) is 1. The SMILES string of the molecule is COc1ccc(OCCN2CCN([C@H](C)C(=O)Nc3sccc3C(N)=O)CC2)cc1.